The molecule has 0 amide bonds. The Bertz CT molecular complexity index is 849. The van der Waals surface area contributed by atoms with E-state index in [0.29, 0.717) is 12.8 Å². The van der Waals surface area contributed by atoms with Crippen LogP contribution in [0, 0.1) is 0 Å². The first-order valence-electron chi connectivity index (χ1n) is 14.2. The Labute approximate surface area is 220 Å². The van der Waals surface area contributed by atoms with Crippen molar-refractivity contribution in [1.29, 1.82) is 0 Å². The molecule has 0 heterocycles. The largest absolute Gasteiger partial charge is 0.455 e. The smallest absolute Gasteiger partial charge is 0.314 e. The van der Waals surface area contributed by atoms with E-state index in [-0.39, 0.29) is 5.97 Å². The van der Waals surface area contributed by atoms with E-state index in [2.05, 4.69) is 57.4 Å². The zero-order valence-electron chi connectivity index (χ0n) is 23.3. The number of benzene rings is 2. The summed E-state index contributed by atoms with van der Waals surface area (Å²) in [5.74, 6) is 0.579. The number of esters is 1. The van der Waals surface area contributed by atoms with Crippen molar-refractivity contribution in [2.24, 2.45) is 0 Å². The average molecular weight is 497 g/mol. The van der Waals surface area contributed by atoms with E-state index >= 15 is 0 Å². The summed E-state index contributed by atoms with van der Waals surface area (Å²) in [7, 11) is 4.29. The number of carbonyl (C=O) groups is 1. The third-order valence-electron chi connectivity index (χ3n) is 6.71. The first kappa shape index (κ1) is 29.9. The molecule has 0 N–H and O–H groups in total. The highest BCUT2D eigenvalue weighted by atomic mass is 16.7. The summed E-state index contributed by atoms with van der Waals surface area (Å²) < 4.78 is 12.5. The summed E-state index contributed by atoms with van der Waals surface area (Å²) >= 11 is 0. The maximum absolute atomic E-state index is 12.6. The number of hydrogen-bond acceptors (Lipinski definition) is 3. The summed E-state index contributed by atoms with van der Waals surface area (Å²) in [5.41, 5.74) is 2.56. The molecule has 0 aliphatic rings. The van der Waals surface area contributed by atoms with Crippen LogP contribution < -0.4 is 4.74 Å². The van der Waals surface area contributed by atoms with E-state index in [4.69, 9.17) is 9.47 Å². The van der Waals surface area contributed by atoms with Crippen LogP contribution in [0.1, 0.15) is 95.6 Å². The van der Waals surface area contributed by atoms with Crippen LogP contribution in [0.3, 0.4) is 0 Å². The lowest BCUT2D eigenvalue weighted by atomic mass is 10.0. The standard InChI is InChI=1S/C32H50NO3/c1-5-7-8-9-10-11-12-13-15-19-28-22-18-23-30(26-28)35-32(6-2)36-31(34)24-25-33(3,4)27-29-20-16-14-17-21-29/h14,16-18,20-23,26,32H,5-13,15,19,24-25,27H2,1-4H3/q+1. The minimum atomic E-state index is -0.551. The fourth-order valence-corrected chi connectivity index (χ4v) is 4.51. The minimum absolute atomic E-state index is 0.202. The molecule has 2 rings (SSSR count). The molecule has 2 aromatic rings. The van der Waals surface area contributed by atoms with Crippen molar-refractivity contribution in [2.45, 2.75) is 104 Å². The average Bonchev–Trinajstić information content (AvgIpc) is 2.87. The van der Waals surface area contributed by atoms with E-state index in [0.717, 1.165) is 29.7 Å². The normalized spacial score (nSPS) is 12.3. The van der Waals surface area contributed by atoms with Gasteiger partial charge in [-0.15, -0.1) is 0 Å². The molecule has 0 aromatic heterocycles. The highest BCUT2D eigenvalue weighted by molar-refractivity contribution is 5.69. The second-order valence-electron chi connectivity index (χ2n) is 10.7. The lowest BCUT2D eigenvalue weighted by Crippen LogP contribution is -2.41. The topological polar surface area (TPSA) is 35.5 Å². The Morgan fingerprint density at radius 1 is 0.806 bits per heavy atom. The Morgan fingerprint density at radius 2 is 1.44 bits per heavy atom. The molecule has 1 atom stereocenters. The predicted octanol–water partition coefficient (Wildman–Crippen LogP) is 8.08. The third kappa shape index (κ3) is 13.1. The van der Waals surface area contributed by atoms with Gasteiger partial charge in [-0.25, -0.2) is 0 Å². The van der Waals surface area contributed by atoms with E-state index in [9.17, 15) is 4.79 Å². The number of nitrogens with zero attached hydrogens (tertiary/aromatic N) is 1. The summed E-state index contributed by atoms with van der Waals surface area (Å²) in [6, 6.07) is 18.6. The third-order valence-corrected chi connectivity index (χ3v) is 6.71. The zero-order chi connectivity index (χ0) is 26.1. The fraction of sp³-hybridized carbons (Fsp3) is 0.594. The molecule has 36 heavy (non-hydrogen) atoms. The second kappa shape index (κ2) is 17.2. The van der Waals surface area contributed by atoms with Crippen LogP contribution in [0.5, 0.6) is 5.75 Å². The van der Waals surface area contributed by atoms with Crippen molar-refractivity contribution in [1.82, 2.24) is 0 Å². The molecular formula is C32H50NO3+. The van der Waals surface area contributed by atoms with Gasteiger partial charge in [-0.3, -0.25) is 4.79 Å². The van der Waals surface area contributed by atoms with Crippen LogP contribution in [0.25, 0.3) is 0 Å². The maximum Gasteiger partial charge on any atom is 0.314 e. The number of aryl methyl sites for hydroxylation is 1. The van der Waals surface area contributed by atoms with Crippen LogP contribution in [0.2, 0.25) is 0 Å². The molecule has 0 spiro atoms. The van der Waals surface area contributed by atoms with Crippen molar-refractivity contribution in [2.75, 3.05) is 20.6 Å². The molecule has 0 aliphatic carbocycles. The number of unbranched alkanes of at least 4 members (excludes halogenated alkanes) is 8. The van der Waals surface area contributed by atoms with E-state index in [1.807, 2.05) is 25.1 Å². The lowest BCUT2D eigenvalue weighted by Gasteiger charge is -2.29. The van der Waals surface area contributed by atoms with Gasteiger partial charge in [0.1, 0.15) is 12.3 Å². The van der Waals surface area contributed by atoms with Gasteiger partial charge >= 0.3 is 5.97 Å². The number of carbonyl (C=O) groups excluding carboxylic acids is 1. The van der Waals surface area contributed by atoms with Gasteiger partial charge < -0.3 is 14.0 Å². The molecule has 200 valence electrons. The molecule has 0 fully saturated rings. The zero-order valence-corrected chi connectivity index (χ0v) is 23.3. The van der Waals surface area contributed by atoms with Crippen molar-refractivity contribution >= 4 is 5.97 Å². The van der Waals surface area contributed by atoms with Crippen LogP contribution in [0.4, 0.5) is 0 Å². The quantitative estimate of drug-likeness (QED) is 0.0853. The number of ether oxygens (including phenoxy) is 2. The molecule has 0 aliphatic heterocycles. The van der Waals surface area contributed by atoms with Gasteiger partial charge in [-0.05, 0) is 30.5 Å². The molecule has 4 nitrogen and oxygen atoms in total. The first-order chi connectivity index (χ1) is 17.4. The molecule has 0 saturated heterocycles. The van der Waals surface area contributed by atoms with Gasteiger partial charge in [0, 0.05) is 12.0 Å². The van der Waals surface area contributed by atoms with Gasteiger partial charge in [0.2, 0.25) is 6.29 Å². The van der Waals surface area contributed by atoms with Gasteiger partial charge in [0.25, 0.3) is 0 Å². The maximum atomic E-state index is 12.6. The molecule has 4 heteroatoms. The summed E-state index contributed by atoms with van der Waals surface area (Å²) in [5, 5.41) is 0. The highest BCUT2D eigenvalue weighted by Crippen LogP contribution is 2.19. The Morgan fingerprint density at radius 3 is 2.11 bits per heavy atom. The number of quaternary nitrogens is 1. The summed E-state index contributed by atoms with van der Waals surface area (Å²) in [6.45, 7) is 5.86. The SMILES string of the molecule is CCCCCCCCCCCc1cccc(OC(CC)OC(=O)CC[N+](C)(C)Cc2ccccc2)c1. The molecule has 0 saturated carbocycles. The molecule has 1 unspecified atom stereocenters. The lowest BCUT2D eigenvalue weighted by molar-refractivity contribution is -0.903. The van der Waals surface area contributed by atoms with E-state index in [1.54, 1.807) is 0 Å². The molecule has 2 aromatic carbocycles. The summed E-state index contributed by atoms with van der Waals surface area (Å²) in [4.78, 5) is 12.6. The highest BCUT2D eigenvalue weighted by Gasteiger charge is 2.21. The second-order valence-corrected chi connectivity index (χ2v) is 10.7. The summed E-state index contributed by atoms with van der Waals surface area (Å²) in [6.07, 6.45) is 13.6. The van der Waals surface area contributed by atoms with Crippen LogP contribution in [-0.2, 0) is 22.5 Å². The van der Waals surface area contributed by atoms with Gasteiger partial charge in [-0.2, -0.15) is 0 Å². The Balaban J connectivity index is 1.69. The van der Waals surface area contributed by atoms with Gasteiger partial charge in [0.05, 0.1) is 27.1 Å². The van der Waals surface area contributed by atoms with Gasteiger partial charge in [-0.1, -0.05) is 108 Å². The van der Waals surface area contributed by atoms with Crippen molar-refractivity contribution in [3.8, 4) is 5.75 Å². The Kier molecular flexibility index (Phi) is 14.3. The fourth-order valence-electron chi connectivity index (χ4n) is 4.51. The molecule has 0 bridgehead atoms. The van der Waals surface area contributed by atoms with Crippen LogP contribution >= 0.6 is 0 Å². The number of rotatable bonds is 19. The van der Waals surface area contributed by atoms with Crippen molar-refractivity contribution in [3.05, 3.63) is 65.7 Å². The first-order valence-corrected chi connectivity index (χ1v) is 14.2. The van der Waals surface area contributed by atoms with Gasteiger partial charge in [0.15, 0.2) is 0 Å². The van der Waals surface area contributed by atoms with E-state index < -0.39 is 6.29 Å². The van der Waals surface area contributed by atoms with E-state index in [1.165, 1.54) is 68.9 Å². The van der Waals surface area contributed by atoms with Crippen LogP contribution in [-0.4, -0.2) is 37.4 Å². The Hall–Kier alpha value is -2.33. The predicted molar refractivity (Wildman–Crippen MR) is 150 cm³/mol. The van der Waals surface area contributed by atoms with Crippen LogP contribution in [0.15, 0.2) is 54.6 Å². The monoisotopic (exact) mass is 496 g/mol. The van der Waals surface area contributed by atoms with Crippen molar-refractivity contribution < 1.29 is 18.8 Å². The minimum Gasteiger partial charge on any atom is -0.455 e. The molecular weight excluding hydrogens is 446 g/mol. The van der Waals surface area contributed by atoms with Crippen molar-refractivity contribution in [3.63, 3.8) is 0 Å². The molecule has 0 radical (unpaired) electrons. The number of hydrogen-bond donors (Lipinski definition) is 0.